The van der Waals surface area contributed by atoms with Crippen molar-refractivity contribution >= 4 is 5.97 Å². The van der Waals surface area contributed by atoms with E-state index in [0.717, 1.165) is 12.8 Å². The lowest BCUT2D eigenvalue weighted by atomic mass is 9.71. The zero-order valence-electron chi connectivity index (χ0n) is 9.29. The third kappa shape index (κ3) is 1.65. The Bertz CT molecular complexity index is 269. The molecule has 2 rings (SSSR count). The predicted molar refractivity (Wildman–Crippen MR) is 51.8 cm³/mol. The Morgan fingerprint density at radius 2 is 2.07 bits per heavy atom. The molecule has 3 heteroatoms. The van der Waals surface area contributed by atoms with Crippen molar-refractivity contribution in [3.8, 4) is 0 Å². The monoisotopic (exact) mass is 198 g/mol. The van der Waals surface area contributed by atoms with Crippen LogP contribution in [0.2, 0.25) is 0 Å². The highest BCUT2D eigenvalue weighted by Crippen LogP contribution is 2.54. The third-order valence-corrected chi connectivity index (χ3v) is 3.18. The summed E-state index contributed by atoms with van der Waals surface area (Å²) >= 11 is 0. The molecule has 0 bridgehead atoms. The van der Waals surface area contributed by atoms with Gasteiger partial charge < -0.3 is 9.47 Å². The minimum Gasteiger partial charge on any atom is -0.460 e. The van der Waals surface area contributed by atoms with Gasteiger partial charge in [-0.15, -0.1) is 0 Å². The van der Waals surface area contributed by atoms with Crippen LogP contribution in [0.4, 0.5) is 0 Å². The highest BCUT2D eigenvalue weighted by atomic mass is 16.6. The highest BCUT2D eigenvalue weighted by Gasteiger charge is 2.63. The average molecular weight is 198 g/mol. The molecule has 3 nitrogen and oxygen atoms in total. The number of fused-ring (bicyclic) bond motifs is 1. The first-order valence-corrected chi connectivity index (χ1v) is 5.17. The lowest BCUT2D eigenvalue weighted by molar-refractivity contribution is -0.149. The van der Waals surface area contributed by atoms with Crippen molar-refractivity contribution in [3.63, 3.8) is 0 Å². The van der Waals surface area contributed by atoms with Crippen LogP contribution in [0.1, 0.15) is 40.5 Å². The van der Waals surface area contributed by atoms with E-state index in [1.165, 1.54) is 6.92 Å². The lowest BCUT2D eigenvalue weighted by Crippen LogP contribution is -2.39. The topological polar surface area (TPSA) is 38.8 Å². The van der Waals surface area contributed by atoms with Gasteiger partial charge in [-0.1, -0.05) is 13.8 Å². The van der Waals surface area contributed by atoms with Crippen molar-refractivity contribution in [1.29, 1.82) is 0 Å². The SMILES string of the molecule is CC(=O)O[C@@H]1CC(C)(C)C[C@@]2(C)O[C@@H]12. The van der Waals surface area contributed by atoms with E-state index in [0.29, 0.717) is 0 Å². The van der Waals surface area contributed by atoms with Crippen molar-refractivity contribution < 1.29 is 14.3 Å². The molecule has 0 spiro atoms. The van der Waals surface area contributed by atoms with Crippen molar-refractivity contribution in [2.24, 2.45) is 5.41 Å². The van der Waals surface area contributed by atoms with Gasteiger partial charge >= 0.3 is 5.97 Å². The van der Waals surface area contributed by atoms with Gasteiger partial charge in [-0.05, 0) is 25.2 Å². The summed E-state index contributed by atoms with van der Waals surface area (Å²) in [7, 11) is 0. The second-order valence-electron chi connectivity index (χ2n) is 5.54. The van der Waals surface area contributed by atoms with E-state index in [4.69, 9.17) is 9.47 Å². The minimum atomic E-state index is -0.203. The van der Waals surface area contributed by atoms with E-state index in [1.54, 1.807) is 0 Å². The standard InChI is InChI=1S/C11H18O3/c1-7(12)13-8-5-10(2,3)6-11(4)9(8)14-11/h8-9H,5-6H2,1-4H3/t8-,9+,11-/m1/s1. The van der Waals surface area contributed by atoms with Crippen LogP contribution in [-0.2, 0) is 14.3 Å². The van der Waals surface area contributed by atoms with E-state index in [2.05, 4.69) is 20.8 Å². The van der Waals surface area contributed by atoms with Gasteiger partial charge in [0.15, 0.2) is 0 Å². The van der Waals surface area contributed by atoms with Crippen LogP contribution in [0, 0.1) is 5.41 Å². The molecule has 14 heavy (non-hydrogen) atoms. The Labute approximate surface area is 84.8 Å². The van der Waals surface area contributed by atoms with Gasteiger partial charge in [0.05, 0.1) is 5.60 Å². The summed E-state index contributed by atoms with van der Waals surface area (Å²) in [6.45, 7) is 7.97. The maximum atomic E-state index is 10.9. The molecule has 0 aromatic rings. The molecule has 1 aliphatic carbocycles. The summed E-state index contributed by atoms with van der Waals surface area (Å²) in [6.07, 6.45) is 2.07. The fourth-order valence-electron chi connectivity index (χ4n) is 2.86. The number of esters is 1. The Morgan fingerprint density at radius 1 is 1.43 bits per heavy atom. The molecule has 2 fully saturated rings. The molecule has 1 aliphatic heterocycles. The quantitative estimate of drug-likeness (QED) is 0.477. The van der Waals surface area contributed by atoms with Crippen molar-refractivity contribution in [2.45, 2.75) is 58.3 Å². The summed E-state index contributed by atoms with van der Waals surface area (Å²) in [4.78, 5) is 10.9. The first kappa shape index (κ1) is 9.97. The van der Waals surface area contributed by atoms with Crippen LogP contribution in [0.3, 0.4) is 0 Å². The van der Waals surface area contributed by atoms with Crippen molar-refractivity contribution in [1.82, 2.24) is 0 Å². The molecule has 0 aromatic heterocycles. The van der Waals surface area contributed by atoms with E-state index in [1.807, 2.05) is 0 Å². The summed E-state index contributed by atoms with van der Waals surface area (Å²) < 4.78 is 10.9. The predicted octanol–water partition coefficient (Wildman–Crippen LogP) is 1.90. The summed E-state index contributed by atoms with van der Waals surface area (Å²) in [5.74, 6) is -0.203. The Kier molecular flexibility index (Phi) is 1.94. The number of carbonyl (C=O) groups is 1. The molecule has 0 amide bonds. The molecule has 2 aliphatic rings. The summed E-state index contributed by atoms with van der Waals surface area (Å²) in [6, 6.07) is 0. The fourth-order valence-corrected chi connectivity index (χ4v) is 2.86. The molecular weight excluding hydrogens is 180 g/mol. The number of carbonyl (C=O) groups excluding carboxylic acids is 1. The average Bonchev–Trinajstić information content (AvgIpc) is 2.56. The summed E-state index contributed by atoms with van der Waals surface area (Å²) in [5.41, 5.74) is 0.170. The van der Waals surface area contributed by atoms with Crippen LogP contribution in [-0.4, -0.2) is 23.8 Å². The molecule has 1 saturated heterocycles. The van der Waals surface area contributed by atoms with Gasteiger partial charge in [0.1, 0.15) is 12.2 Å². The molecule has 0 radical (unpaired) electrons. The zero-order valence-corrected chi connectivity index (χ0v) is 9.29. The first-order chi connectivity index (χ1) is 6.32. The number of hydrogen-bond donors (Lipinski definition) is 0. The van der Waals surface area contributed by atoms with Gasteiger partial charge in [-0.3, -0.25) is 4.79 Å². The van der Waals surface area contributed by atoms with Crippen LogP contribution in [0.25, 0.3) is 0 Å². The number of rotatable bonds is 1. The highest BCUT2D eigenvalue weighted by molar-refractivity contribution is 5.66. The Balaban J connectivity index is 2.08. The number of ether oxygens (including phenoxy) is 2. The van der Waals surface area contributed by atoms with E-state index < -0.39 is 0 Å². The maximum absolute atomic E-state index is 10.9. The van der Waals surface area contributed by atoms with Crippen LogP contribution < -0.4 is 0 Å². The molecule has 0 aromatic carbocycles. The minimum absolute atomic E-state index is 0.0398. The fraction of sp³-hybridized carbons (Fsp3) is 0.909. The molecule has 3 atom stereocenters. The Hall–Kier alpha value is -0.570. The Morgan fingerprint density at radius 3 is 2.64 bits per heavy atom. The molecular formula is C11H18O3. The molecule has 1 heterocycles. The normalized spacial score (nSPS) is 44.0. The second-order valence-corrected chi connectivity index (χ2v) is 5.54. The molecule has 0 N–H and O–H groups in total. The van der Waals surface area contributed by atoms with Crippen LogP contribution in [0.5, 0.6) is 0 Å². The summed E-state index contributed by atoms with van der Waals surface area (Å²) in [5, 5.41) is 0. The van der Waals surface area contributed by atoms with Crippen LogP contribution in [0.15, 0.2) is 0 Å². The smallest absolute Gasteiger partial charge is 0.302 e. The molecule has 0 unspecified atom stereocenters. The zero-order chi connectivity index (χ0) is 10.6. The van der Waals surface area contributed by atoms with E-state index >= 15 is 0 Å². The van der Waals surface area contributed by atoms with Crippen molar-refractivity contribution in [2.75, 3.05) is 0 Å². The van der Waals surface area contributed by atoms with Gasteiger partial charge in [0, 0.05) is 6.92 Å². The molecule has 80 valence electrons. The van der Waals surface area contributed by atoms with E-state index in [9.17, 15) is 4.79 Å². The first-order valence-electron chi connectivity index (χ1n) is 5.17. The van der Waals surface area contributed by atoms with Gasteiger partial charge in [0.25, 0.3) is 0 Å². The molecule has 1 saturated carbocycles. The van der Waals surface area contributed by atoms with Crippen LogP contribution >= 0.6 is 0 Å². The number of epoxide rings is 1. The van der Waals surface area contributed by atoms with Crippen molar-refractivity contribution in [3.05, 3.63) is 0 Å². The largest absolute Gasteiger partial charge is 0.460 e. The second kappa shape index (κ2) is 2.72. The number of hydrogen-bond acceptors (Lipinski definition) is 3. The third-order valence-electron chi connectivity index (χ3n) is 3.18. The lowest BCUT2D eigenvalue weighted by Gasteiger charge is -2.34. The van der Waals surface area contributed by atoms with E-state index in [-0.39, 0.29) is 29.2 Å². The van der Waals surface area contributed by atoms with Gasteiger partial charge in [-0.2, -0.15) is 0 Å². The maximum Gasteiger partial charge on any atom is 0.302 e. The van der Waals surface area contributed by atoms with Gasteiger partial charge in [-0.25, -0.2) is 0 Å². The van der Waals surface area contributed by atoms with Gasteiger partial charge in [0.2, 0.25) is 0 Å².